The van der Waals surface area contributed by atoms with Crippen LogP contribution in [0.15, 0.2) is 18.2 Å². The molecule has 4 heteroatoms. The van der Waals surface area contributed by atoms with Gasteiger partial charge in [0.25, 0.3) is 0 Å². The summed E-state index contributed by atoms with van der Waals surface area (Å²) in [6, 6.07) is 6.82. The van der Waals surface area contributed by atoms with Crippen LogP contribution in [-0.4, -0.2) is 32.5 Å². The summed E-state index contributed by atoms with van der Waals surface area (Å²) in [5, 5.41) is 3.62. The largest absolute Gasteiger partial charge is 0.454 e. The first-order valence-corrected chi connectivity index (χ1v) is 7.16. The SMILES string of the molecule is CCC(C)C1CN(c2ccc3c(c2)OCO3)CCN1. The molecule has 1 aromatic carbocycles. The van der Waals surface area contributed by atoms with Crippen molar-refractivity contribution in [3.8, 4) is 11.5 Å². The van der Waals surface area contributed by atoms with Crippen LogP contribution in [-0.2, 0) is 0 Å². The van der Waals surface area contributed by atoms with Crippen molar-refractivity contribution in [1.29, 1.82) is 0 Å². The Morgan fingerprint density at radius 3 is 3.05 bits per heavy atom. The monoisotopic (exact) mass is 262 g/mol. The third-order valence-electron chi connectivity index (χ3n) is 4.26. The lowest BCUT2D eigenvalue weighted by atomic mass is 9.97. The van der Waals surface area contributed by atoms with Crippen molar-refractivity contribution in [3.63, 3.8) is 0 Å². The van der Waals surface area contributed by atoms with Crippen LogP contribution in [0.3, 0.4) is 0 Å². The van der Waals surface area contributed by atoms with Gasteiger partial charge in [0.05, 0.1) is 0 Å². The molecule has 0 aliphatic carbocycles. The Labute approximate surface area is 114 Å². The van der Waals surface area contributed by atoms with Gasteiger partial charge in [0.2, 0.25) is 6.79 Å². The third kappa shape index (κ3) is 2.50. The summed E-state index contributed by atoms with van der Waals surface area (Å²) in [4.78, 5) is 2.44. The molecule has 1 aromatic rings. The lowest BCUT2D eigenvalue weighted by Gasteiger charge is -2.38. The maximum absolute atomic E-state index is 5.46. The van der Waals surface area contributed by atoms with Gasteiger partial charge in [-0.2, -0.15) is 0 Å². The first-order chi connectivity index (χ1) is 9.28. The minimum Gasteiger partial charge on any atom is -0.454 e. The van der Waals surface area contributed by atoms with Crippen molar-refractivity contribution in [1.82, 2.24) is 5.32 Å². The summed E-state index contributed by atoms with van der Waals surface area (Å²) in [6.45, 7) is 8.08. The van der Waals surface area contributed by atoms with Gasteiger partial charge in [0, 0.05) is 37.4 Å². The highest BCUT2D eigenvalue weighted by molar-refractivity contribution is 5.57. The number of nitrogens with one attached hydrogen (secondary N) is 1. The van der Waals surface area contributed by atoms with Gasteiger partial charge in [-0.05, 0) is 18.1 Å². The van der Waals surface area contributed by atoms with Crippen LogP contribution in [0.5, 0.6) is 11.5 Å². The van der Waals surface area contributed by atoms with Gasteiger partial charge < -0.3 is 19.7 Å². The second-order valence-corrected chi connectivity index (χ2v) is 5.43. The van der Waals surface area contributed by atoms with Crippen molar-refractivity contribution >= 4 is 5.69 Å². The predicted octanol–water partition coefficient (Wildman–Crippen LogP) is 2.24. The minimum absolute atomic E-state index is 0.343. The lowest BCUT2D eigenvalue weighted by Crippen LogP contribution is -2.53. The highest BCUT2D eigenvalue weighted by Gasteiger charge is 2.24. The molecule has 2 unspecified atom stereocenters. The topological polar surface area (TPSA) is 33.7 Å². The van der Waals surface area contributed by atoms with Crippen LogP contribution in [0.2, 0.25) is 0 Å². The van der Waals surface area contributed by atoms with E-state index in [0.717, 1.165) is 31.1 Å². The van der Waals surface area contributed by atoms with E-state index < -0.39 is 0 Å². The fourth-order valence-electron chi connectivity index (χ4n) is 2.76. The minimum atomic E-state index is 0.343. The summed E-state index contributed by atoms with van der Waals surface area (Å²) in [5.41, 5.74) is 1.24. The Kier molecular flexibility index (Phi) is 3.51. The van der Waals surface area contributed by atoms with Crippen molar-refractivity contribution in [2.45, 2.75) is 26.3 Å². The molecule has 1 saturated heterocycles. The summed E-state index contributed by atoms with van der Waals surface area (Å²) in [7, 11) is 0. The van der Waals surface area contributed by atoms with Crippen molar-refractivity contribution in [2.75, 3.05) is 31.3 Å². The van der Waals surface area contributed by atoms with E-state index in [0.29, 0.717) is 18.8 Å². The normalized spacial score (nSPS) is 23.5. The zero-order valence-electron chi connectivity index (χ0n) is 11.7. The molecule has 2 aliphatic heterocycles. The Morgan fingerprint density at radius 2 is 2.21 bits per heavy atom. The number of piperazine rings is 1. The molecule has 2 aliphatic rings. The van der Waals surface area contributed by atoms with Gasteiger partial charge in [0.1, 0.15) is 0 Å². The zero-order chi connectivity index (χ0) is 13.2. The molecule has 1 N–H and O–H groups in total. The summed E-state index contributed by atoms with van der Waals surface area (Å²) in [5.74, 6) is 2.44. The summed E-state index contributed by atoms with van der Waals surface area (Å²) in [6.07, 6.45) is 1.21. The number of nitrogens with zero attached hydrogens (tertiary/aromatic N) is 1. The van der Waals surface area contributed by atoms with E-state index in [2.05, 4.69) is 36.2 Å². The van der Waals surface area contributed by atoms with Crippen LogP contribution in [0.1, 0.15) is 20.3 Å². The van der Waals surface area contributed by atoms with E-state index in [9.17, 15) is 0 Å². The molecular formula is C15H22N2O2. The number of hydrogen-bond acceptors (Lipinski definition) is 4. The van der Waals surface area contributed by atoms with Gasteiger partial charge in [-0.25, -0.2) is 0 Å². The quantitative estimate of drug-likeness (QED) is 0.906. The van der Waals surface area contributed by atoms with Gasteiger partial charge >= 0.3 is 0 Å². The van der Waals surface area contributed by atoms with Crippen molar-refractivity contribution < 1.29 is 9.47 Å². The second kappa shape index (κ2) is 5.29. The molecule has 0 bridgehead atoms. The Bertz CT molecular complexity index is 450. The molecule has 2 atom stereocenters. The van der Waals surface area contributed by atoms with Gasteiger partial charge in [-0.3, -0.25) is 0 Å². The van der Waals surface area contributed by atoms with Crippen LogP contribution < -0.4 is 19.7 Å². The molecule has 0 spiro atoms. The number of anilines is 1. The molecule has 0 aromatic heterocycles. The maximum atomic E-state index is 5.46. The second-order valence-electron chi connectivity index (χ2n) is 5.43. The maximum Gasteiger partial charge on any atom is 0.231 e. The van der Waals surface area contributed by atoms with E-state index >= 15 is 0 Å². The molecule has 3 rings (SSSR count). The van der Waals surface area contributed by atoms with Crippen molar-refractivity contribution in [3.05, 3.63) is 18.2 Å². The molecular weight excluding hydrogens is 240 g/mol. The zero-order valence-corrected chi connectivity index (χ0v) is 11.7. The average Bonchev–Trinajstić information content (AvgIpc) is 2.94. The average molecular weight is 262 g/mol. The lowest BCUT2D eigenvalue weighted by molar-refractivity contribution is 0.174. The van der Waals surface area contributed by atoms with E-state index in [-0.39, 0.29) is 0 Å². The van der Waals surface area contributed by atoms with Crippen LogP contribution in [0.4, 0.5) is 5.69 Å². The van der Waals surface area contributed by atoms with E-state index in [4.69, 9.17) is 9.47 Å². The molecule has 0 radical (unpaired) electrons. The van der Waals surface area contributed by atoms with Crippen LogP contribution in [0, 0.1) is 5.92 Å². The van der Waals surface area contributed by atoms with E-state index in [1.165, 1.54) is 12.1 Å². The van der Waals surface area contributed by atoms with Gasteiger partial charge in [0.15, 0.2) is 11.5 Å². The Hall–Kier alpha value is -1.42. The molecule has 0 amide bonds. The number of hydrogen-bond donors (Lipinski definition) is 1. The number of ether oxygens (including phenoxy) is 2. The third-order valence-corrected chi connectivity index (χ3v) is 4.26. The highest BCUT2D eigenvalue weighted by Crippen LogP contribution is 2.35. The van der Waals surface area contributed by atoms with Gasteiger partial charge in [-0.15, -0.1) is 0 Å². The summed E-state index contributed by atoms with van der Waals surface area (Å²) < 4.78 is 10.8. The first-order valence-electron chi connectivity index (χ1n) is 7.16. The highest BCUT2D eigenvalue weighted by atomic mass is 16.7. The summed E-state index contributed by atoms with van der Waals surface area (Å²) >= 11 is 0. The molecule has 0 saturated carbocycles. The fourth-order valence-corrected chi connectivity index (χ4v) is 2.76. The van der Waals surface area contributed by atoms with Crippen molar-refractivity contribution in [2.24, 2.45) is 5.92 Å². The predicted molar refractivity (Wildman–Crippen MR) is 76.0 cm³/mol. The number of rotatable bonds is 3. The Morgan fingerprint density at radius 1 is 1.37 bits per heavy atom. The molecule has 19 heavy (non-hydrogen) atoms. The van der Waals surface area contributed by atoms with E-state index in [1.54, 1.807) is 0 Å². The fraction of sp³-hybridized carbons (Fsp3) is 0.600. The first kappa shape index (κ1) is 12.6. The molecule has 2 heterocycles. The molecule has 104 valence electrons. The molecule has 1 fully saturated rings. The van der Waals surface area contributed by atoms with Gasteiger partial charge in [-0.1, -0.05) is 20.3 Å². The standard InChI is InChI=1S/C15H22N2O2/c1-3-11(2)13-9-17(7-6-16-13)12-4-5-14-15(8-12)19-10-18-14/h4-5,8,11,13,16H,3,6-7,9-10H2,1-2H3. The smallest absolute Gasteiger partial charge is 0.231 e. The van der Waals surface area contributed by atoms with Crippen LogP contribution in [0.25, 0.3) is 0 Å². The number of benzene rings is 1. The molecule has 4 nitrogen and oxygen atoms in total. The number of fused-ring (bicyclic) bond motifs is 1. The van der Waals surface area contributed by atoms with E-state index in [1.807, 2.05) is 6.07 Å². The Balaban J connectivity index is 1.74. The van der Waals surface area contributed by atoms with Crippen LogP contribution >= 0.6 is 0 Å².